The minimum atomic E-state index is 0.00699. The van der Waals surface area contributed by atoms with Crippen molar-refractivity contribution in [2.45, 2.75) is 19.3 Å². The molecule has 3 aromatic rings. The molecule has 132 valence electrons. The summed E-state index contributed by atoms with van der Waals surface area (Å²) in [4.78, 5) is 13.6. The average Bonchev–Trinajstić information content (AvgIpc) is 3.06. The molecule has 1 aliphatic heterocycles. The minimum Gasteiger partial charge on any atom is -0.494 e. The SMILES string of the molecule is CCOc1ccccc1[C@H]1CC(=O)Nc2c(-c3ccc(Cl)cc3)csc21. The molecule has 0 aliphatic carbocycles. The highest BCUT2D eigenvalue weighted by atomic mass is 35.5. The molecular weight excluding hydrogens is 366 g/mol. The Morgan fingerprint density at radius 3 is 2.73 bits per heavy atom. The van der Waals surface area contributed by atoms with Crippen LogP contribution in [0.15, 0.2) is 53.9 Å². The van der Waals surface area contributed by atoms with Gasteiger partial charge < -0.3 is 10.1 Å². The zero-order valence-corrected chi connectivity index (χ0v) is 15.9. The van der Waals surface area contributed by atoms with Crippen molar-refractivity contribution >= 4 is 34.5 Å². The molecule has 1 amide bonds. The zero-order chi connectivity index (χ0) is 18.1. The van der Waals surface area contributed by atoms with Gasteiger partial charge in [-0.2, -0.15) is 0 Å². The number of rotatable bonds is 4. The first-order valence-electron chi connectivity index (χ1n) is 8.56. The highest BCUT2D eigenvalue weighted by Crippen LogP contribution is 2.48. The van der Waals surface area contributed by atoms with Gasteiger partial charge in [0.25, 0.3) is 0 Å². The number of para-hydroxylation sites is 1. The van der Waals surface area contributed by atoms with Gasteiger partial charge in [-0.1, -0.05) is 41.9 Å². The highest BCUT2D eigenvalue weighted by molar-refractivity contribution is 7.11. The van der Waals surface area contributed by atoms with Crippen LogP contribution in [0.5, 0.6) is 5.75 Å². The van der Waals surface area contributed by atoms with Crippen LogP contribution >= 0.6 is 22.9 Å². The average molecular weight is 384 g/mol. The lowest BCUT2D eigenvalue weighted by atomic mass is 9.88. The van der Waals surface area contributed by atoms with E-state index in [9.17, 15) is 4.79 Å². The number of benzene rings is 2. The second-order valence-electron chi connectivity index (χ2n) is 6.17. The third-order valence-electron chi connectivity index (χ3n) is 4.54. The Hall–Kier alpha value is -2.30. The predicted molar refractivity (Wildman–Crippen MR) is 107 cm³/mol. The zero-order valence-electron chi connectivity index (χ0n) is 14.3. The van der Waals surface area contributed by atoms with Crippen LogP contribution in [0.1, 0.15) is 29.7 Å². The molecular formula is C21H18ClNO2S. The van der Waals surface area contributed by atoms with Crippen LogP contribution in [0, 0.1) is 0 Å². The van der Waals surface area contributed by atoms with Gasteiger partial charge in [0.15, 0.2) is 0 Å². The maximum absolute atomic E-state index is 12.4. The first kappa shape index (κ1) is 17.1. The van der Waals surface area contributed by atoms with E-state index >= 15 is 0 Å². The molecule has 0 bridgehead atoms. The number of carbonyl (C=O) groups is 1. The van der Waals surface area contributed by atoms with E-state index in [2.05, 4.69) is 16.8 Å². The molecule has 0 fully saturated rings. The number of nitrogens with one attached hydrogen (secondary N) is 1. The summed E-state index contributed by atoms with van der Waals surface area (Å²) < 4.78 is 5.80. The van der Waals surface area contributed by atoms with E-state index in [4.69, 9.17) is 16.3 Å². The fourth-order valence-electron chi connectivity index (χ4n) is 3.38. The molecule has 0 saturated heterocycles. The standard InChI is InChI=1S/C21H18ClNO2S/c1-2-25-18-6-4-3-5-15(18)16-11-19(24)23-20-17(12-26-21(16)20)13-7-9-14(22)10-8-13/h3-10,12,16H,2,11H2,1H3,(H,23,24)/t16-/m1/s1. The van der Waals surface area contributed by atoms with Gasteiger partial charge in [0.2, 0.25) is 5.91 Å². The van der Waals surface area contributed by atoms with Gasteiger partial charge in [-0.3, -0.25) is 4.79 Å². The van der Waals surface area contributed by atoms with Crippen molar-refractivity contribution in [1.82, 2.24) is 0 Å². The van der Waals surface area contributed by atoms with Crippen LogP contribution < -0.4 is 10.1 Å². The predicted octanol–water partition coefficient (Wildman–Crippen LogP) is 5.94. The Labute approximate surface area is 161 Å². The van der Waals surface area contributed by atoms with Crippen LogP contribution in [0.4, 0.5) is 5.69 Å². The van der Waals surface area contributed by atoms with E-state index in [-0.39, 0.29) is 11.8 Å². The van der Waals surface area contributed by atoms with Crippen LogP contribution in [-0.4, -0.2) is 12.5 Å². The Morgan fingerprint density at radius 2 is 1.96 bits per heavy atom. The van der Waals surface area contributed by atoms with Gasteiger partial charge in [-0.25, -0.2) is 0 Å². The summed E-state index contributed by atoms with van der Waals surface area (Å²) in [5.74, 6) is 0.886. The normalized spacial score (nSPS) is 16.1. The van der Waals surface area contributed by atoms with E-state index in [1.807, 2.05) is 49.4 Å². The summed E-state index contributed by atoms with van der Waals surface area (Å²) in [6.45, 7) is 2.57. The van der Waals surface area contributed by atoms with Crippen LogP contribution in [0.3, 0.4) is 0 Å². The first-order valence-corrected chi connectivity index (χ1v) is 9.82. The summed E-state index contributed by atoms with van der Waals surface area (Å²) in [6.07, 6.45) is 0.428. The summed E-state index contributed by atoms with van der Waals surface area (Å²) in [5, 5.41) is 5.88. The van der Waals surface area contributed by atoms with Crippen molar-refractivity contribution in [2.75, 3.05) is 11.9 Å². The summed E-state index contributed by atoms with van der Waals surface area (Å²) in [5.41, 5.74) is 4.05. The molecule has 2 heterocycles. The van der Waals surface area contributed by atoms with Gasteiger partial charge in [0.1, 0.15) is 5.75 Å². The third kappa shape index (κ3) is 3.11. The van der Waals surface area contributed by atoms with Crippen molar-refractivity contribution in [2.24, 2.45) is 0 Å². The lowest BCUT2D eigenvalue weighted by molar-refractivity contribution is -0.116. The van der Waals surface area contributed by atoms with Crippen molar-refractivity contribution in [3.05, 3.63) is 69.4 Å². The quantitative estimate of drug-likeness (QED) is 0.605. The molecule has 0 radical (unpaired) electrons. The van der Waals surface area contributed by atoms with Crippen molar-refractivity contribution in [3.8, 4) is 16.9 Å². The monoisotopic (exact) mass is 383 g/mol. The first-order chi connectivity index (χ1) is 12.7. The number of hydrogen-bond donors (Lipinski definition) is 1. The molecule has 1 aliphatic rings. The maximum atomic E-state index is 12.4. The molecule has 3 nitrogen and oxygen atoms in total. The molecule has 4 rings (SSSR count). The van der Waals surface area contributed by atoms with Crippen molar-refractivity contribution < 1.29 is 9.53 Å². The highest BCUT2D eigenvalue weighted by Gasteiger charge is 2.32. The number of thiophene rings is 1. The fraction of sp³-hybridized carbons (Fsp3) is 0.190. The Balaban J connectivity index is 1.80. The molecule has 26 heavy (non-hydrogen) atoms. The number of ether oxygens (including phenoxy) is 1. The second-order valence-corrected chi connectivity index (χ2v) is 7.52. The van der Waals surface area contributed by atoms with Gasteiger partial charge in [-0.15, -0.1) is 11.3 Å². The van der Waals surface area contributed by atoms with E-state index in [1.165, 1.54) is 4.88 Å². The Kier molecular flexibility index (Phi) is 4.70. The van der Waals surface area contributed by atoms with Crippen LogP contribution in [-0.2, 0) is 4.79 Å². The van der Waals surface area contributed by atoms with Crippen molar-refractivity contribution in [3.63, 3.8) is 0 Å². The Bertz CT molecular complexity index is 949. The molecule has 0 unspecified atom stereocenters. The topological polar surface area (TPSA) is 38.3 Å². The van der Waals surface area contributed by atoms with E-state index in [1.54, 1.807) is 11.3 Å². The number of anilines is 1. The summed E-state index contributed by atoms with van der Waals surface area (Å²) in [7, 11) is 0. The molecule has 1 N–H and O–H groups in total. The molecule has 1 aromatic heterocycles. The number of halogens is 1. The van der Waals surface area contributed by atoms with Crippen LogP contribution in [0.2, 0.25) is 5.02 Å². The maximum Gasteiger partial charge on any atom is 0.225 e. The van der Waals surface area contributed by atoms with Crippen LogP contribution in [0.25, 0.3) is 11.1 Å². The number of carbonyl (C=O) groups excluding carboxylic acids is 1. The third-order valence-corrected chi connectivity index (χ3v) is 5.89. The molecule has 1 atom stereocenters. The second kappa shape index (κ2) is 7.14. The smallest absolute Gasteiger partial charge is 0.225 e. The number of hydrogen-bond acceptors (Lipinski definition) is 3. The van der Waals surface area contributed by atoms with Gasteiger partial charge in [-0.05, 0) is 30.7 Å². The summed E-state index contributed by atoms with van der Waals surface area (Å²) >= 11 is 7.69. The molecule has 2 aromatic carbocycles. The molecule has 5 heteroatoms. The van der Waals surface area contributed by atoms with E-state index < -0.39 is 0 Å². The molecule has 0 saturated carbocycles. The van der Waals surface area contributed by atoms with Gasteiger partial charge in [0.05, 0.1) is 12.3 Å². The van der Waals surface area contributed by atoms with Gasteiger partial charge >= 0.3 is 0 Å². The number of fused-ring (bicyclic) bond motifs is 1. The van der Waals surface area contributed by atoms with E-state index in [0.717, 1.165) is 28.1 Å². The number of amides is 1. The van der Waals surface area contributed by atoms with E-state index in [0.29, 0.717) is 18.1 Å². The van der Waals surface area contributed by atoms with Gasteiger partial charge in [0, 0.05) is 38.7 Å². The lowest BCUT2D eigenvalue weighted by Crippen LogP contribution is -2.22. The Morgan fingerprint density at radius 1 is 1.19 bits per heavy atom. The lowest BCUT2D eigenvalue weighted by Gasteiger charge is -2.25. The summed E-state index contributed by atoms with van der Waals surface area (Å²) in [6, 6.07) is 15.7. The molecule has 0 spiro atoms. The largest absolute Gasteiger partial charge is 0.494 e. The fourth-order valence-corrected chi connectivity index (χ4v) is 4.65. The van der Waals surface area contributed by atoms with Crippen molar-refractivity contribution in [1.29, 1.82) is 0 Å². The minimum absolute atomic E-state index is 0.00699.